The lowest BCUT2D eigenvalue weighted by atomic mass is 10.1. The van der Waals surface area contributed by atoms with Crippen LogP contribution in [0.25, 0.3) is 0 Å². The van der Waals surface area contributed by atoms with E-state index < -0.39 is 23.1 Å². The predicted molar refractivity (Wildman–Crippen MR) is 70.7 cm³/mol. The minimum atomic E-state index is -1.08. The van der Waals surface area contributed by atoms with Crippen molar-refractivity contribution in [3.8, 4) is 0 Å². The standard InChI is InChI=1S/C12H8BrF2N3O/c13-6-5-17-4-3-9(6)18-12(19)10-7(14)1-2-8(16)11(10)15/h1-5H,16H2,(H,17,18,19). The lowest BCUT2D eigenvalue weighted by Gasteiger charge is -2.09. The van der Waals surface area contributed by atoms with Crippen LogP contribution in [0, 0.1) is 11.6 Å². The van der Waals surface area contributed by atoms with Crippen LogP contribution < -0.4 is 11.1 Å². The largest absolute Gasteiger partial charge is 0.396 e. The van der Waals surface area contributed by atoms with Crippen molar-refractivity contribution < 1.29 is 13.6 Å². The first kappa shape index (κ1) is 13.4. The average Bonchev–Trinajstić information content (AvgIpc) is 2.37. The number of rotatable bonds is 2. The molecular formula is C12H8BrF2N3O. The molecule has 0 saturated carbocycles. The molecule has 2 rings (SSSR count). The Labute approximate surface area is 115 Å². The first-order valence-corrected chi connectivity index (χ1v) is 5.94. The summed E-state index contributed by atoms with van der Waals surface area (Å²) in [4.78, 5) is 15.7. The second-order valence-corrected chi connectivity index (χ2v) is 4.49. The van der Waals surface area contributed by atoms with E-state index in [1.54, 1.807) is 0 Å². The van der Waals surface area contributed by atoms with Crippen molar-refractivity contribution in [1.82, 2.24) is 4.98 Å². The maximum absolute atomic E-state index is 13.7. The van der Waals surface area contributed by atoms with Gasteiger partial charge in [0.2, 0.25) is 0 Å². The molecule has 0 aliphatic carbocycles. The quantitative estimate of drug-likeness (QED) is 0.833. The number of nitrogens with two attached hydrogens (primary N) is 1. The van der Waals surface area contributed by atoms with E-state index in [0.29, 0.717) is 10.2 Å². The number of carbonyl (C=O) groups is 1. The highest BCUT2D eigenvalue weighted by Gasteiger charge is 2.20. The van der Waals surface area contributed by atoms with E-state index in [2.05, 4.69) is 26.2 Å². The number of amides is 1. The summed E-state index contributed by atoms with van der Waals surface area (Å²) in [7, 11) is 0. The minimum absolute atomic E-state index is 0.291. The Morgan fingerprint density at radius 1 is 1.32 bits per heavy atom. The molecule has 0 fully saturated rings. The van der Waals surface area contributed by atoms with Crippen LogP contribution >= 0.6 is 15.9 Å². The Morgan fingerprint density at radius 3 is 2.74 bits per heavy atom. The van der Waals surface area contributed by atoms with E-state index in [1.165, 1.54) is 18.5 Å². The topological polar surface area (TPSA) is 68.0 Å². The fourth-order valence-corrected chi connectivity index (χ4v) is 1.79. The zero-order valence-corrected chi connectivity index (χ0v) is 11.0. The number of aromatic nitrogens is 1. The number of nitrogen functional groups attached to an aromatic ring is 1. The smallest absolute Gasteiger partial charge is 0.261 e. The first-order chi connectivity index (χ1) is 9.00. The number of anilines is 2. The molecule has 0 bridgehead atoms. The van der Waals surface area contributed by atoms with Crippen LogP contribution in [0.4, 0.5) is 20.2 Å². The molecule has 2 aromatic rings. The summed E-state index contributed by atoms with van der Waals surface area (Å²) in [5, 5.41) is 2.37. The van der Waals surface area contributed by atoms with Gasteiger partial charge in [-0.25, -0.2) is 8.78 Å². The summed E-state index contributed by atoms with van der Waals surface area (Å²) in [5.74, 6) is -2.98. The Kier molecular flexibility index (Phi) is 3.75. The van der Waals surface area contributed by atoms with Crippen LogP contribution in [0.3, 0.4) is 0 Å². The second kappa shape index (κ2) is 5.31. The Bertz CT molecular complexity index is 649. The van der Waals surface area contributed by atoms with Crippen LogP contribution in [0.2, 0.25) is 0 Å². The third-order valence-corrected chi connectivity index (χ3v) is 3.00. The molecule has 0 unspecified atom stereocenters. The zero-order chi connectivity index (χ0) is 14.0. The zero-order valence-electron chi connectivity index (χ0n) is 9.45. The van der Waals surface area contributed by atoms with E-state index in [9.17, 15) is 13.6 Å². The van der Waals surface area contributed by atoms with E-state index >= 15 is 0 Å². The Morgan fingerprint density at radius 2 is 2.05 bits per heavy atom. The van der Waals surface area contributed by atoms with Gasteiger partial charge in [-0.15, -0.1) is 0 Å². The van der Waals surface area contributed by atoms with Crippen molar-refractivity contribution >= 4 is 33.2 Å². The van der Waals surface area contributed by atoms with Gasteiger partial charge in [0, 0.05) is 12.4 Å². The van der Waals surface area contributed by atoms with Crippen LogP contribution in [0.15, 0.2) is 35.1 Å². The molecule has 1 aromatic carbocycles. The fourth-order valence-electron chi connectivity index (χ4n) is 1.44. The van der Waals surface area contributed by atoms with Crippen molar-refractivity contribution in [1.29, 1.82) is 0 Å². The molecule has 1 amide bonds. The number of nitrogens with one attached hydrogen (secondary N) is 1. The first-order valence-electron chi connectivity index (χ1n) is 5.15. The molecule has 1 aromatic heterocycles. The molecule has 3 N–H and O–H groups in total. The monoisotopic (exact) mass is 327 g/mol. The molecule has 0 atom stereocenters. The highest BCUT2D eigenvalue weighted by atomic mass is 79.9. The summed E-state index contributed by atoms with van der Waals surface area (Å²) in [6.45, 7) is 0. The van der Waals surface area contributed by atoms with Gasteiger partial charge in [0.05, 0.1) is 15.8 Å². The van der Waals surface area contributed by atoms with Gasteiger partial charge in [-0.05, 0) is 34.1 Å². The number of pyridine rings is 1. The number of benzene rings is 1. The molecule has 0 saturated heterocycles. The highest BCUT2D eigenvalue weighted by molar-refractivity contribution is 9.10. The van der Waals surface area contributed by atoms with Crippen molar-refractivity contribution in [2.45, 2.75) is 0 Å². The van der Waals surface area contributed by atoms with E-state index in [0.717, 1.165) is 12.1 Å². The van der Waals surface area contributed by atoms with Gasteiger partial charge in [0.25, 0.3) is 5.91 Å². The molecule has 1 heterocycles. The van der Waals surface area contributed by atoms with Gasteiger partial charge in [-0.2, -0.15) is 0 Å². The molecule has 7 heteroatoms. The molecule has 19 heavy (non-hydrogen) atoms. The van der Waals surface area contributed by atoms with Crippen LogP contribution in [0.5, 0.6) is 0 Å². The maximum Gasteiger partial charge on any atom is 0.261 e. The number of halogens is 3. The van der Waals surface area contributed by atoms with Gasteiger partial charge in [-0.3, -0.25) is 9.78 Å². The molecular weight excluding hydrogens is 320 g/mol. The van der Waals surface area contributed by atoms with Gasteiger partial charge in [-0.1, -0.05) is 0 Å². The number of hydrogen-bond acceptors (Lipinski definition) is 3. The van der Waals surface area contributed by atoms with Gasteiger partial charge < -0.3 is 11.1 Å². The third-order valence-electron chi connectivity index (χ3n) is 2.37. The number of carbonyl (C=O) groups excluding carboxylic acids is 1. The van der Waals surface area contributed by atoms with Gasteiger partial charge >= 0.3 is 0 Å². The summed E-state index contributed by atoms with van der Waals surface area (Å²) >= 11 is 3.16. The fraction of sp³-hybridized carbons (Fsp3) is 0. The van der Waals surface area contributed by atoms with Crippen molar-refractivity contribution in [2.75, 3.05) is 11.1 Å². The third kappa shape index (κ3) is 2.70. The van der Waals surface area contributed by atoms with Crippen LogP contribution in [-0.2, 0) is 0 Å². The summed E-state index contributed by atoms with van der Waals surface area (Å²) < 4.78 is 27.7. The van der Waals surface area contributed by atoms with Crippen LogP contribution in [0.1, 0.15) is 10.4 Å². The lowest BCUT2D eigenvalue weighted by Crippen LogP contribution is -2.17. The second-order valence-electron chi connectivity index (χ2n) is 3.64. The van der Waals surface area contributed by atoms with Crippen molar-refractivity contribution in [3.63, 3.8) is 0 Å². The summed E-state index contributed by atoms with van der Waals surface area (Å²) in [5.41, 5.74) is 4.65. The van der Waals surface area contributed by atoms with Crippen molar-refractivity contribution in [2.24, 2.45) is 0 Å². The van der Waals surface area contributed by atoms with Gasteiger partial charge in [0.1, 0.15) is 11.4 Å². The Hall–Kier alpha value is -2.02. The van der Waals surface area contributed by atoms with Crippen molar-refractivity contribution in [3.05, 3.63) is 52.3 Å². The molecule has 0 aliphatic rings. The molecule has 0 spiro atoms. The maximum atomic E-state index is 13.7. The normalized spacial score (nSPS) is 10.3. The van der Waals surface area contributed by atoms with Crippen LogP contribution in [-0.4, -0.2) is 10.9 Å². The predicted octanol–water partition coefficient (Wildman–Crippen LogP) is 2.96. The van der Waals surface area contributed by atoms with E-state index in [1.807, 2.05) is 0 Å². The summed E-state index contributed by atoms with van der Waals surface area (Å²) in [6.07, 6.45) is 2.88. The molecule has 4 nitrogen and oxygen atoms in total. The van der Waals surface area contributed by atoms with E-state index in [-0.39, 0.29) is 5.69 Å². The summed E-state index contributed by atoms with van der Waals surface area (Å²) in [6, 6.07) is 3.49. The molecule has 0 radical (unpaired) electrons. The SMILES string of the molecule is Nc1ccc(F)c(C(=O)Nc2ccncc2Br)c1F. The van der Waals surface area contributed by atoms with E-state index in [4.69, 9.17) is 5.73 Å². The molecule has 98 valence electrons. The molecule has 0 aliphatic heterocycles. The lowest BCUT2D eigenvalue weighted by molar-refractivity contribution is 0.101. The average molecular weight is 328 g/mol. The van der Waals surface area contributed by atoms with Gasteiger partial charge in [0.15, 0.2) is 5.82 Å². The highest BCUT2D eigenvalue weighted by Crippen LogP contribution is 2.23. The Balaban J connectivity index is 2.36. The number of nitrogens with zero attached hydrogens (tertiary/aromatic N) is 1. The minimum Gasteiger partial charge on any atom is -0.396 e. The number of hydrogen-bond donors (Lipinski definition) is 2.